The average molecular weight is 254 g/mol. The SMILES string of the molecule is Cc1cccnc1C(N)c1ccc(C(C)(C)C)cc1. The van der Waals surface area contributed by atoms with Crippen molar-refractivity contribution in [3.05, 3.63) is 65.0 Å². The van der Waals surface area contributed by atoms with Gasteiger partial charge in [-0.2, -0.15) is 0 Å². The summed E-state index contributed by atoms with van der Waals surface area (Å²) < 4.78 is 0. The summed E-state index contributed by atoms with van der Waals surface area (Å²) in [7, 11) is 0. The molecule has 1 atom stereocenters. The highest BCUT2D eigenvalue weighted by atomic mass is 14.8. The van der Waals surface area contributed by atoms with Gasteiger partial charge in [0, 0.05) is 6.20 Å². The molecule has 0 aliphatic carbocycles. The molecule has 100 valence electrons. The van der Waals surface area contributed by atoms with E-state index in [9.17, 15) is 0 Å². The van der Waals surface area contributed by atoms with Crippen molar-refractivity contribution in [3.63, 3.8) is 0 Å². The van der Waals surface area contributed by atoms with Gasteiger partial charge in [-0.3, -0.25) is 4.98 Å². The van der Waals surface area contributed by atoms with Gasteiger partial charge in [-0.1, -0.05) is 51.1 Å². The maximum absolute atomic E-state index is 6.31. The van der Waals surface area contributed by atoms with E-state index < -0.39 is 0 Å². The van der Waals surface area contributed by atoms with Crippen LogP contribution in [0.25, 0.3) is 0 Å². The second-order valence-electron chi connectivity index (χ2n) is 6.06. The van der Waals surface area contributed by atoms with E-state index >= 15 is 0 Å². The van der Waals surface area contributed by atoms with Crippen molar-refractivity contribution in [3.8, 4) is 0 Å². The van der Waals surface area contributed by atoms with Gasteiger partial charge in [0.1, 0.15) is 0 Å². The van der Waals surface area contributed by atoms with Crippen LogP contribution in [0.15, 0.2) is 42.6 Å². The number of aryl methyl sites for hydroxylation is 1. The van der Waals surface area contributed by atoms with Gasteiger partial charge in [-0.05, 0) is 35.1 Å². The quantitative estimate of drug-likeness (QED) is 0.886. The molecule has 2 aromatic rings. The average Bonchev–Trinajstić information content (AvgIpc) is 2.38. The van der Waals surface area contributed by atoms with Gasteiger partial charge in [0.15, 0.2) is 0 Å². The van der Waals surface area contributed by atoms with Crippen LogP contribution < -0.4 is 5.73 Å². The van der Waals surface area contributed by atoms with E-state index in [4.69, 9.17) is 5.73 Å². The van der Waals surface area contributed by atoms with Crippen molar-refractivity contribution < 1.29 is 0 Å². The molecule has 0 amide bonds. The molecule has 2 nitrogen and oxygen atoms in total. The summed E-state index contributed by atoms with van der Waals surface area (Å²) in [4.78, 5) is 4.40. The van der Waals surface area contributed by atoms with Crippen molar-refractivity contribution in [2.45, 2.75) is 39.2 Å². The Hall–Kier alpha value is -1.67. The molecule has 2 N–H and O–H groups in total. The lowest BCUT2D eigenvalue weighted by Crippen LogP contribution is -2.16. The lowest BCUT2D eigenvalue weighted by Gasteiger charge is -2.20. The predicted octanol–water partition coefficient (Wildman–Crippen LogP) is 3.74. The Morgan fingerprint density at radius 2 is 1.68 bits per heavy atom. The van der Waals surface area contributed by atoms with Crippen LogP contribution in [0, 0.1) is 6.92 Å². The Kier molecular flexibility index (Phi) is 3.72. The Bertz CT molecular complexity index is 550. The summed E-state index contributed by atoms with van der Waals surface area (Å²) in [6.07, 6.45) is 1.80. The minimum absolute atomic E-state index is 0.157. The number of pyridine rings is 1. The van der Waals surface area contributed by atoms with Crippen molar-refractivity contribution in [1.82, 2.24) is 4.98 Å². The fraction of sp³-hybridized carbons (Fsp3) is 0.353. The van der Waals surface area contributed by atoms with Crippen LogP contribution in [0.3, 0.4) is 0 Å². The zero-order chi connectivity index (χ0) is 14.0. The van der Waals surface area contributed by atoms with Crippen LogP contribution in [-0.4, -0.2) is 4.98 Å². The molecule has 2 rings (SSSR count). The van der Waals surface area contributed by atoms with Gasteiger partial charge in [0.25, 0.3) is 0 Å². The molecule has 1 aromatic heterocycles. The number of hydrogen-bond donors (Lipinski definition) is 1. The van der Waals surface area contributed by atoms with E-state index in [2.05, 4.69) is 50.0 Å². The highest BCUT2D eigenvalue weighted by Crippen LogP contribution is 2.25. The van der Waals surface area contributed by atoms with Gasteiger partial charge >= 0.3 is 0 Å². The fourth-order valence-corrected chi connectivity index (χ4v) is 2.17. The van der Waals surface area contributed by atoms with E-state index in [-0.39, 0.29) is 11.5 Å². The zero-order valence-electron chi connectivity index (χ0n) is 12.1. The Morgan fingerprint density at radius 3 is 2.21 bits per heavy atom. The third-order valence-corrected chi connectivity index (χ3v) is 3.48. The summed E-state index contributed by atoms with van der Waals surface area (Å²) in [6, 6.07) is 12.4. The first-order chi connectivity index (χ1) is 8.89. The number of rotatable bonds is 2. The van der Waals surface area contributed by atoms with Gasteiger partial charge in [-0.25, -0.2) is 0 Å². The van der Waals surface area contributed by atoms with Crippen molar-refractivity contribution >= 4 is 0 Å². The summed E-state index contributed by atoms with van der Waals surface area (Å²) in [5.41, 5.74) is 11.0. The maximum Gasteiger partial charge on any atom is 0.0729 e. The second kappa shape index (κ2) is 5.14. The first-order valence-electron chi connectivity index (χ1n) is 6.67. The number of nitrogens with zero attached hydrogens (tertiary/aromatic N) is 1. The second-order valence-corrected chi connectivity index (χ2v) is 6.06. The Morgan fingerprint density at radius 1 is 1.05 bits per heavy atom. The maximum atomic E-state index is 6.31. The Balaban J connectivity index is 2.31. The lowest BCUT2D eigenvalue weighted by molar-refractivity contribution is 0.589. The number of benzene rings is 1. The van der Waals surface area contributed by atoms with Crippen molar-refractivity contribution in [2.75, 3.05) is 0 Å². The van der Waals surface area contributed by atoms with Gasteiger partial charge < -0.3 is 5.73 Å². The van der Waals surface area contributed by atoms with Crippen LogP contribution in [0.5, 0.6) is 0 Å². The molecule has 1 unspecified atom stereocenters. The smallest absolute Gasteiger partial charge is 0.0729 e. The minimum atomic E-state index is -0.157. The van der Waals surface area contributed by atoms with Crippen molar-refractivity contribution in [1.29, 1.82) is 0 Å². The molecule has 0 saturated heterocycles. The monoisotopic (exact) mass is 254 g/mol. The highest BCUT2D eigenvalue weighted by molar-refractivity contribution is 5.35. The van der Waals surface area contributed by atoms with Crippen molar-refractivity contribution in [2.24, 2.45) is 5.73 Å². The molecule has 0 fully saturated rings. The molecule has 0 radical (unpaired) electrons. The molecule has 0 aliphatic heterocycles. The van der Waals surface area contributed by atoms with Crippen LogP contribution in [0.1, 0.15) is 49.2 Å². The summed E-state index contributed by atoms with van der Waals surface area (Å²) >= 11 is 0. The number of nitrogens with two attached hydrogens (primary N) is 1. The third kappa shape index (κ3) is 3.02. The zero-order valence-corrected chi connectivity index (χ0v) is 12.1. The molecular weight excluding hydrogens is 232 g/mol. The molecule has 0 aliphatic rings. The minimum Gasteiger partial charge on any atom is -0.319 e. The van der Waals surface area contributed by atoms with E-state index in [1.165, 1.54) is 5.56 Å². The van der Waals surface area contributed by atoms with E-state index in [0.717, 1.165) is 16.8 Å². The normalized spacial score (nSPS) is 13.3. The van der Waals surface area contributed by atoms with Crippen LogP contribution in [-0.2, 0) is 5.41 Å². The van der Waals surface area contributed by atoms with Crippen LogP contribution in [0.4, 0.5) is 0 Å². The summed E-state index contributed by atoms with van der Waals surface area (Å²) in [5, 5.41) is 0. The Labute approximate surface area is 115 Å². The molecule has 1 heterocycles. The molecule has 19 heavy (non-hydrogen) atoms. The number of hydrogen-bond acceptors (Lipinski definition) is 2. The van der Waals surface area contributed by atoms with Gasteiger partial charge in [0.2, 0.25) is 0 Å². The van der Waals surface area contributed by atoms with E-state index in [1.54, 1.807) is 6.20 Å². The largest absolute Gasteiger partial charge is 0.319 e. The topological polar surface area (TPSA) is 38.9 Å². The van der Waals surface area contributed by atoms with Crippen LogP contribution in [0.2, 0.25) is 0 Å². The number of aromatic nitrogens is 1. The third-order valence-electron chi connectivity index (χ3n) is 3.48. The molecule has 0 saturated carbocycles. The molecule has 2 heteroatoms. The summed E-state index contributed by atoms with van der Waals surface area (Å²) in [6.45, 7) is 8.69. The highest BCUT2D eigenvalue weighted by Gasteiger charge is 2.16. The van der Waals surface area contributed by atoms with E-state index in [0.29, 0.717) is 0 Å². The first-order valence-corrected chi connectivity index (χ1v) is 6.67. The molecule has 0 bridgehead atoms. The fourth-order valence-electron chi connectivity index (χ4n) is 2.17. The van der Waals surface area contributed by atoms with E-state index in [1.807, 2.05) is 19.1 Å². The molecule has 0 spiro atoms. The van der Waals surface area contributed by atoms with Gasteiger partial charge in [0.05, 0.1) is 11.7 Å². The molecule has 1 aromatic carbocycles. The molecular formula is C17H22N2. The van der Waals surface area contributed by atoms with Gasteiger partial charge in [-0.15, -0.1) is 0 Å². The summed E-state index contributed by atoms with van der Waals surface area (Å²) in [5.74, 6) is 0. The lowest BCUT2D eigenvalue weighted by atomic mass is 9.86. The predicted molar refractivity (Wildman–Crippen MR) is 80.1 cm³/mol. The van der Waals surface area contributed by atoms with Crippen LogP contribution >= 0.6 is 0 Å². The standard InChI is InChI=1S/C17H22N2/c1-12-6-5-11-19-16(12)15(18)13-7-9-14(10-8-13)17(2,3)4/h5-11,15H,18H2,1-4H3. The first kappa shape index (κ1) is 13.8.